The Morgan fingerprint density at radius 1 is 0.632 bits per heavy atom. The molecule has 0 aromatic carbocycles. The minimum Gasteiger partial charge on any atom is -0.322 e. The maximum Gasteiger partial charge on any atom is 0.213 e. The summed E-state index contributed by atoms with van der Waals surface area (Å²) in [7, 11) is 0. The molecule has 4 nitrogen and oxygen atoms in total. The average molecular weight is 266 g/mol. The molecule has 2 amide bonds. The number of nitrogens with zero attached hydrogens (tertiary/aromatic N) is 2. The second kappa shape index (κ2) is 12.9. The minimum absolute atomic E-state index is 0.765. The van der Waals surface area contributed by atoms with Crippen molar-refractivity contribution >= 4 is 12.8 Å². The van der Waals surface area contributed by atoms with Crippen molar-refractivity contribution in [3.63, 3.8) is 0 Å². The Hall–Kier alpha value is -1.58. The van der Waals surface area contributed by atoms with E-state index in [4.69, 9.17) is 0 Å². The molecule has 108 valence electrons. The molecule has 0 spiro atoms. The van der Waals surface area contributed by atoms with Crippen molar-refractivity contribution in [2.45, 2.75) is 44.9 Å². The van der Waals surface area contributed by atoms with Crippen molar-refractivity contribution in [2.75, 3.05) is 13.1 Å². The summed E-state index contributed by atoms with van der Waals surface area (Å²) in [6.45, 7) is 8.66. The summed E-state index contributed by atoms with van der Waals surface area (Å²) in [4.78, 5) is 24.1. The summed E-state index contributed by atoms with van der Waals surface area (Å²) in [5.41, 5.74) is 0. The van der Waals surface area contributed by atoms with E-state index in [2.05, 4.69) is 13.2 Å². The Morgan fingerprint density at radius 3 is 1.21 bits per heavy atom. The maximum atomic E-state index is 10.5. The van der Waals surface area contributed by atoms with Crippen molar-refractivity contribution in [3.05, 3.63) is 25.6 Å². The summed E-state index contributed by atoms with van der Waals surface area (Å²) in [6.07, 6.45) is 12.7. The second-order valence-corrected chi connectivity index (χ2v) is 4.53. The van der Waals surface area contributed by atoms with Crippen LogP contribution in [0.25, 0.3) is 0 Å². The van der Waals surface area contributed by atoms with E-state index in [1.54, 1.807) is 22.2 Å². The monoisotopic (exact) mass is 266 g/mol. The van der Waals surface area contributed by atoms with Crippen LogP contribution in [-0.2, 0) is 9.59 Å². The molecular weight excluding hydrogens is 240 g/mol. The smallest absolute Gasteiger partial charge is 0.213 e. The molecule has 0 saturated heterocycles. The zero-order valence-electron chi connectivity index (χ0n) is 11.8. The van der Waals surface area contributed by atoms with Crippen LogP contribution in [0, 0.1) is 0 Å². The molecular formula is C15H26N2O2. The van der Waals surface area contributed by atoms with E-state index in [9.17, 15) is 9.59 Å². The Labute approximate surface area is 116 Å². The first kappa shape index (κ1) is 17.4. The van der Waals surface area contributed by atoms with E-state index in [0.717, 1.165) is 51.6 Å². The van der Waals surface area contributed by atoms with Gasteiger partial charge in [-0.25, -0.2) is 0 Å². The van der Waals surface area contributed by atoms with Crippen molar-refractivity contribution in [1.29, 1.82) is 0 Å². The summed E-state index contributed by atoms with van der Waals surface area (Å²) in [5.74, 6) is 0. The molecule has 0 radical (unpaired) electrons. The molecule has 19 heavy (non-hydrogen) atoms. The molecule has 0 fully saturated rings. The summed E-state index contributed by atoms with van der Waals surface area (Å²) in [5, 5.41) is 0. The Morgan fingerprint density at radius 2 is 0.947 bits per heavy atom. The van der Waals surface area contributed by atoms with Crippen molar-refractivity contribution in [1.82, 2.24) is 9.80 Å². The molecule has 0 saturated carbocycles. The van der Waals surface area contributed by atoms with Crippen molar-refractivity contribution < 1.29 is 9.59 Å². The van der Waals surface area contributed by atoms with E-state index in [1.165, 1.54) is 19.3 Å². The number of rotatable bonds is 14. The maximum absolute atomic E-state index is 10.5. The van der Waals surface area contributed by atoms with Crippen LogP contribution in [0.2, 0.25) is 0 Å². The fraction of sp³-hybridized carbons (Fsp3) is 0.600. The highest BCUT2D eigenvalue weighted by molar-refractivity contribution is 5.48. The summed E-state index contributed by atoms with van der Waals surface area (Å²) < 4.78 is 0. The van der Waals surface area contributed by atoms with Crippen LogP contribution in [0.15, 0.2) is 25.6 Å². The largest absolute Gasteiger partial charge is 0.322 e. The lowest BCUT2D eigenvalue weighted by Crippen LogP contribution is -2.15. The van der Waals surface area contributed by atoms with Gasteiger partial charge < -0.3 is 9.80 Å². The number of amides is 2. The SMILES string of the molecule is C=CN(C=O)CCCCCCCCCN(C=C)C=O. The van der Waals surface area contributed by atoms with Gasteiger partial charge in [-0.2, -0.15) is 0 Å². The quantitative estimate of drug-likeness (QED) is 0.358. The highest BCUT2D eigenvalue weighted by Crippen LogP contribution is 2.08. The van der Waals surface area contributed by atoms with Crippen LogP contribution in [0.5, 0.6) is 0 Å². The number of carbonyl (C=O) groups excluding carboxylic acids is 2. The third kappa shape index (κ3) is 10.1. The van der Waals surface area contributed by atoms with Crippen LogP contribution < -0.4 is 0 Å². The van der Waals surface area contributed by atoms with Gasteiger partial charge in [-0.1, -0.05) is 45.3 Å². The van der Waals surface area contributed by atoms with Gasteiger partial charge in [-0.3, -0.25) is 9.59 Å². The lowest BCUT2D eigenvalue weighted by molar-refractivity contribution is -0.116. The molecule has 0 aromatic rings. The molecule has 0 aliphatic heterocycles. The standard InChI is InChI=1S/C15H26N2O2/c1-3-16(14-18)12-10-8-6-5-7-9-11-13-17(4-2)15-19/h3-4,14-15H,1-2,5-13H2. The summed E-state index contributed by atoms with van der Waals surface area (Å²) in [6, 6.07) is 0. The fourth-order valence-corrected chi connectivity index (χ4v) is 1.85. The summed E-state index contributed by atoms with van der Waals surface area (Å²) >= 11 is 0. The predicted octanol–water partition coefficient (Wildman–Crippen LogP) is 2.92. The zero-order chi connectivity index (χ0) is 14.3. The van der Waals surface area contributed by atoms with Crippen LogP contribution >= 0.6 is 0 Å². The lowest BCUT2D eigenvalue weighted by Gasteiger charge is -2.11. The van der Waals surface area contributed by atoms with Crippen molar-refractivity contribution in [3.8, 4) is 0 Å². The van der Waals surface area contributed by atoms with Gasteiger partial charge >= 0.3 is 0 Å². The molecule has 0 unspecified atom stereocenters. The van der Waals surface area contributed by atoms with E-state index in [0.29, 0.717) is 0 Å². The van der Waals surface area contributed by atoms with Crippen LogP contribution in [0.4, 0.5) is 0 Å². The van der Waals surface area contributed by atoms with Gasteiger partial charge in [0, 0.05) is 13.1 Å². The van der Waals surface area contributed by atoms with Gasteiger partial charge in [0.1, 0.15) is 0 Å². The zero-order valence-corrected chi connectivity index (χ0v) is 11.8. The molecule has 0 aliphatic rings. The fourth-order valence-electron chi connectivity index (χ4n) is 1.85. The number of unbranched alkanes of at least 4 members (excludes halogenated alkanes) is 6. The molecule has 0 aliphatic carbocycles. The highest BCUT2D eigenvalue weighted by Gasteiger charge is 1.97. The molecule has 4 heteroatoms. The lowest BCUT2D eigenvalue weighted by atomic mass is 10.1. The third-order valence-electron chi connectivity index (χ3n) is 3.07. The van der Waals surface area contributed by atoms with Gasteiger partial charge in [0.2, 0.25) is 12.8 Å². The second-order valence-electron chi connectivity index (χ2n) is 4.53. The number of carbonyl (C=O) groups is 2. The third-order valence-corrected chi connectivity index (χ3v) is 3.07. The van der Waals surface area contributed by atoms with Gasteiger partial charge in [-0.05, 0) is 25.2 Å². The number of hydrogen-bond donors (Lipinski definition) is 0. The molecule has 0 atom stereocenters. The molecule has 0 aromatic heterocycles. The predicted molar refractivity (Wildman–Crippen MR) is 78.3 cm³/mol. The van der Waals surface area contributed by atoms with Crippen molar-refractivity contribution in [2.24, 2.45) is 0 Å². The van der Waals surface area contributed by atoms with E-state index in [-0.39, 0.29) is 0 Å². The first-order valence-corrected chi connectivity index (χ1v) is 6.95. The molecule has 0 N–H and O–H groups in total. The van der Waals surface area contributed by atoms with E-state index >= 15 is 0 Å². The van der Waals surface area contributed by atoms with E-state index in [1.807, 2.05) is 0 Å². The van der Waals surface area contributed by atoms with Gasteiger partial charge in [-0.15, -0.1) is 0 Å². The topological polar surface area (TPSA) is 40.6 Å². The van der Waals surface area contributed by atoms with Crippen LogP contribution in [-0.4, -0.2) is 35.7 Å². The highest BCUT2D eigenvalue weighted by atomic mass is 16.1. The van der Waals surface area contributed by atoms with Gasteiger partial charge in [0.05, 0.1) is 0 Å². The minimum atomic E-state index is 0.765. The Kier molecular flexibility index (Phi) is 11.8. The molecule has 0 heterocycles. The molecule has 0 bridgehead atoms. The van der Waals surface area contributed by atoms with Crippen LogP contribution in [0.3, 0.4) is 0 Å². The van der Waals surface area contributed by atoms with Gasteiger partial charge in [0.15, 0.2) is 0 Å². The Balaban J connectivity index is 3.27. The van der Waals surface area contributed by atoms with Gasteiger partial charge in [0.25, 0.3) is 0 Å². The van der Waals surface area contributed by atoms with Crippen LogP contribution in [0.1, 0.15) is 44.9 Å². The average Bonchev–Trinajstić information content (AvgIpc) is 2.45. The Bertz CT molecular complexity index is 225. The van der Waals surface area contributed by atoms with E-state index < -0.39 is 0 Å². The normalized spacial score (nSPS) is 9.68. The first-order valence-electron chi connectivity index (χ1n) is 6.95. The first-order chi connectivity index (χ1) is 9.28. The molecule has 0 rings (SSSR count). The number of hydrogen-bond acceptors (Lipinski definition) is 2.